The number of nitrogens with zero attached hydrogens (tertiary/aromatic N) is 1. The first-order valence-electron chi connectivity index (χ1n) is 10.1. The monoisotopic (exact) mass is 415 g/mol. The molecule has 0 unspecified atom stereocenters. The Morgan fingerprint density at radius 2 is 1.33 bits per heavy atom. The topological polar surface area (TPSA) is 82.1 Å². The molecule has 162 valence electrons. The van der Waals surface area contributed by atoms with Crippen LogP contribution in [0.5, 0.6) is 0 Å². The highest BCUT2D eigenvalue weighted by molar-refractivity contribution is 6.07. The maximum absolute atomic E-state index is 12.9. The Labute approximate surface area is 177 Å². The molecule has 0 spiro atoms. The van der Waals surface area contributed by atoms with Crippen LogP contribution in [0.1, 0.15) is 40.2 Å². The highest BCUT2D eigenvalue weighted by Gasteiger charge is 2.44. The summed E-state index contributed by atoms with van der Waals surface area (Å²) in [7, 11) is 0. The maximum Gasteiger partial charge on any atom is 0.337 e. The molecule has 7 heteroatoms. The van der Waals surface area contributed by atoms with Gasteiger partial charge in [-0.3, -0.25) is 4.79 Å². The van der Waals surface area contributed by atoms with Gasteiger partial charge in [-0.05, 0) is 59.2 Å². The van der Waals surface area contributed by atoms with Gasteiger partial charge in [0, 0.05) is 17.1 Å². The summed E-state index contributed by atoms with van der Waals surface area (Å²) in [5.41, 5.74) is 2.92. The molecule has 0 aliphatic carbocycles. The molecule has 1 aromatic carbocycles. The molecule has 0 N–H and O–H groups in total. The lowest BCUT2D eigenvalue weighted by atomic mass is 9.84. The predicted molar refractivity (Wildman–Crippen MR) is 112 cm³/mol. The van der Waals surface area contributed by atoms with Crippen molar-refractivity contribution in [3.8, 4) is 0 Å². The van der Waals surface area contributed by atoms with Gasteiger partial charge in [0.15, 0.2) is 0 Å². The van der Waals surface area contributed by atoms with Gasteiger partial charge in [0.05, 0.1) is 31.0 Å². The third-order valence-electron chi connectivity index (χ3n) is 4.80. The van der Waals surface area contributed by atoms with Gasteiger partial charge in [-0.25, -0.2) is 9.59 Å². The number of esters is 3. The van der Waals surface area contributed by atoms with Crippen molar-refractivity contribution in [1.82, 2.24) is 0 Å². The second-order valence-electron chi connectivity index (χ2n) is 6.80. The summed E-state index contributed by atoms with van der Waals surface area (Å²) in [5.74, 6) is -3.24. The molecule has 0 radical (unpaired) electrons. The second-order valence-corrected chi connectivity index (χ2v) is 6.80. The van der Waals surface area contributed by atoms with Gasteiger partial charge in [0.2, 0.25) is 0 Å². The lowest BCUT2D eigenvalue weighted by molar-refractivity contribution is -0.151. The fourth-order valence-corrected chi connectivity index (χ4v) is 3.62. The van der Waals surface area contributed by atoms with E-state index in [0.717, 1.165) is 11.3 Å². The zero-order valence-electron chi connectivity index (χ0n) is 18.4. The van der Waals surface area contributed by atoms with Crippen molar-refractivity contribution >= 4 is 23.6 Å². The van der Waals surface area contributed by atoms with Crippen LogP contribution >= 0.6 is 0 Å². The van der Waals surface area contributed by atoms with Crippen LogP contribution in [0.3, 0.4) is 0 Å². The average Bonchev–Trinajstić information content (AvgIpc) is 2.68. The van der Waals surface area contributed by atoms with Crippen LogP contribution in [0.25, 0.3) is 0 Å². The second kappa shape index (κ2) is 10.1. The van der Waals surface area contributed by atoms with Gasteiger partial charge >= 0.3 is 17.9 Å². The Kier molecular flexibility index (Phi) is 7.80. The van der Waals surface area contributed by atoms with E-state index in [1.807, 2.05) is 31.2 Å². The Hall–Kier alpha value is -3.09. The van der Waals surface area contributed by atoms with Gasteiger partial charge < -0.3 is 19.1 Å². The van der Waals surface area contributed by atoms with E-state index >= 15 is 0 Å². The van der Waals surface area contributed by atoms with Crippen LogP contribution in [-0.4, -0.2) is 37.7 Å². The molecule has 0 atom stereocenters. The van der Waals surface area contributed by atoms with Crippen molar-refractivity contribution in [3.05, 3.63) is 52.4 Å². The number of benzene rings is 1. The maximum atomic E-state index is 12.9. The molecule has 0 aromatic heterocycles. The van der Waals surface area contributed by atoms with Gasteiger partial charge in [-0.15, -0.1) is 0 Å². The summed E-state index contributed by atoms with van der Waals surface area (Å²) in [6.45, 7) is 10.8. The van der Waals surface area contributed by atoms with Crippen LogP contribution < -0.4 is 4.90 Å². The minimum atomic E-state index is -1.22. The number of anilines is 1. The lowest BCUT2D eigenvalue weighted by Gasteiger charge is -2.36. The van der Waals surface area contributed by atoms with Crippen molar-refractivity contribution in [3.63, 3.8) is 0 Å². The first-order valence-corrected chi connectivity index (χ1v) is 10.1. The standard InChI is InChI=1S/C23H29NO6/c1-7-28-21(25)18-15(5)24(17-12-10-11-14(4)13-17)16(6)19(22(26)29-8-2)20(18)23(27)30-9-3/h10-13,20H,7-9H2,1-6H3. The van der Waals surface area contributed by atoms with Crippen molar-refractivity contribution in [2.24, 2.45) is 5.92 Å². The molecule has 0 saturated carbocycles. The van der Waals surface area contributed by atoms with E-state index in [4.69, 9.17) is 14.2 Å². The first-order chi connectivity index (χ1) is 14.3. The summed E-state index contributed by atoms with van der Waals surface area (Å²) < 4.78 is 15.7. The molecule has 1 aliphatic heterocycles. The third-order valence-corrected chi connectivity index (χ3v) is 4.80. The van der Waals surface area contributed by atoms with E-state index in [2.05, 4.69) is 0 Å². The van der Waals surface area contributed by atoms with Crippen LogP contribution in [0, 0.1) is 12.8 Å². The molecular formula is C23H29NO6. The van der Waals surface area contributed by atoms with Crippen molar-refractivity contribution < 1.29 is 28.6 Å². The molecule has 2 rings (SSSR count). The Morgan fingerprint density at radius 1 is 0.833 bits per heavy atom. The normalized spacial score (nSPS) is 14.7. The van der Waals surface area contributed by atoms with E-state index in [1.165, 1.54) is 0 Å². The van der Waals surface area contributed by atoms with Crippen LogP contribution in [0.4, 0.5) is 5.69 Å². The molecule has 1 aromatic rings. The number of carbonyl (C=O) groups excluding carboxylic acids is 3. The number of carbonyl (C=O) groups is 3. The molecule has 0 fully saturated rings. The fraction of sp³-hybridized carbons (Fsp3) is 0.435. The predicted octanol–water partition coefficient (Wildman–Crippen LogP) is 3.67. The van der Waals surface area contributed by atoms with Gasteiger partial charge in [-0.1, -0.05) is 12.1 Å². The molecular weight excluding hydrogens is 386 g/mol. The van der Waals surface area contributed by atoms with E-state index in [0.29, 0.717) is 11.4 Å². The molecule has 0 bridgehead atoms. The van der Waals surface area contributed by atoms with E-state index < -0.39 is 23.8 Å². The van der Waals surface area contributed by atoms with Crippen molar-refractivity contribution in [2.45, 2.75) is 41.5 Å². The van der Waals surface area contributed by atoms with Crippen molar-refractivity contribution in [1.29, 1.82) is 0 Å². The van der Waals surface area contributed by atoms with Crippen molar-refractivity contribution in [2.75, 3.05) is 24.7 Å². The Bertz CT molecular complexity index is 857. The third kappa shape index (κ3) is 4.56. The molecule has 0 saturated heterocycles. The smallest absolute Gasteiger partial charge is 0.337 e. The SMILES string of the molecule is CCOC(=O)C1=C(C)N(c2cccc(C)c2)C(C)=C(C(=O)OCC)C1C(=O)OCC. The molecule has 0 amide bonds. The Balaban J connectivity index is 2.80. The summed E-state index contributed by atoms with van der Waals surface area (Å²) in [5, 5.41) is 0. The molecule has 1 heterocycles. The lowest BCUT2D eigenvalue weighted by Crippen LogP contribution is -2.40. The van der Waals surface area contributed by atoms with Gasteiger partial charge in [0.25, 0.3) is 0 Å². The summed E-state index contributed by atoms with van der Waals surface area (Å²) in [4.78, 5) is 40.5. The minimum absolute atomic E-state index is 0.0745. The van der Waals surface area contributed by atoms with Crippen LogP contribution in [-0.2, 0) is 28.6 Å². The molecule has 30 heavy (non-hydrogen) atoms. The highest BCUT2D eigenvalue weighted by Crippen LogP contribution is 2.40. The number of hydrogen-bond acceptors (Lipinski definition) is 7. The minimum Gasteiger partial charge on any atom is -0.465 e. The van der Waals surface area contributed by atoms with Crippen LogP contribution in [0.2, 0.25) is 0 Å². The number of ether oxygens (including phenoxy) is 3. The molecule has 1 aliphatic rings. The number of hydrogen-bond donors (Lipinski definition) is 0. The summed E-state index contributed by atoms with van der Waals surface area (Å²) in [6.07, 6.45) is 0. The summed E-state index contributed by atoms with van der Waals surface area (Å²) in [6, 6.07) is 7.64. The number of rotatable bonds is 7. The highest BCUT2D eigenvalue weighted by atomic mass is 16.5. The van der Waals surface area contributed by atoms with E-state index in [1.54, 1.807) is 39.5 Å². The zero-order valence-corrected chi connectivity index (χ0v) is 18.4. The van der Waals surface area contributed by atoms with Crippen LogP contribution in [0.15, 0.2) is 46.8 Å². The fourth-order valence-electron chi connectivity index (χ4n) is 3.62. The zero-order chi connectivity index (χ0) is 22.4. The van der Waals surface area contributed by atoms with Gasteiger partial charge in [0.1, 0.15) is 5.92 Å². The van der Waals surface area contributed by atoms with Gasteiger partial charge in [-0.2, -0.15) is 0 Å². The molecule has 7 nitrogen and oxygen atoms in total. The first kappa shape index (κ1) is 23.2. The summed E-state index contributed by atoms with van der Waals surface area (Å²) >= 11 is 0. The number of aryl methyl sites for hydroxylation is 1. The largest absolute Gasteiger partial charge is 0.465 e. The average molecular weight is 415 g/mol. The van der Waals surface area contributed by atoms with E-state index in [-0.39, 0.29) is 31.0 Å². The quantitative estimate of drug-likeness (QED) is 0.496. The number of allylic oxidation sites excluding steroid dienone is 2. The Morgan fingerprint density at radius 3 is 1.77 bits per heavy atom. The van der Waals surface area contributed by atoms with E-state index in [9.17, 15) is 14.4 Å².